The number of anilines is 2. The molecule has 7 heteroatoms. The molecule has 164 valence electrons. The molecule has 0 amide bonds. The first-order valence-electron chi connectivity index (χ1n) is 11.0. The Kier molecular flexibility index (Phi) is 6.74. The van der Waals surface area contributed by atoms with Crippen LogP contribution in [0, 0.1) is 0 Å². The summed E-state index contributed by atoms with van der Waals surface area (Å²) in [7, 11) is 0. The summed E-state index contributed by atoms with van der Waals surface area (Å²) in [5.74, 6) is 0.932. The lowest BCUT2D eigenvalue weighted by atomic mass is 10.1. The molecule has 5 N–H and O–H groups in total. The van der Waals surface area contributed by atoms with Crippen LogP contribution in [0.15, 0.2) is 53.3 Å². The van der Waals surface area contributed by atoms with Crippen LogP contribution in [0.4, 0.5) is 11.4 Å². The lowest BCUT2D eigenvalue weighted by Gasteiger charge is -2.21. The molecule has 0 saturated heterocycles. The summed E-state index contributed by atoms with van der Waals surface area (Å²) >= 11 is 0. The van der Waals surface area contributed by atoms with Crippen LogP contribution in [0.2, 0.25) is 0 Å². The number of aromatic nitrogens is 1. The Bertz CT molecular complexity index is 1100. The number of benzene rings is 2. The Labute approximate surface area is 182 Å². The fourth-order valence-electron chi connectivity index (χ4n) is 3.98. The number of nitrogens with one attached hydrogen (secondary N) is 3. The van der Waals surface area contributed by atoms with E-state index in [4.69, 9.17) is 10.5 Å². The van der Waals surface area contributed by atoms with Crippen LogP contribution < -0.4 is 32.0 Å². The molecule has 2 heterocycles. The van der Waals surface area contributed by atoms with Crippen LogP contribution in [0.3, 0.4) is 0 Å². The Morgan fingerprint density at radius 1 is 1.23 bits per heavy atom. The average molecular weight is 422 g/mol. The van der Waals surface area contributed by atoms with Crippen molar-refractivity contribution in [2.45, 2.75) is 39.0 Å². The van der Waals surface area contributed by atoms with Crippen LogP contribution >= 0.6 is 0 Å². The number of ether oxygens (including phenoxy) is 1. The lowest BCUT2D eigenvalue weighted by Crippen LogP contribution is -2.34. The molecular formula is C24H31N5O2. The monoisotopic (exact) mass is 421 g/mol. The third-order valence-corrected chi connectivity index (χ3v) is 5.81. The van der Waals surface area contributed by atoms with Gasteiger partial charge >= 0.3 is 0 Å². The number of nitrogen functional groups attached to an aromatic ring is 1. The number of hydrogen-bond donors (Lipinski definition) is 4. The van der Waals surface area contributed by atoms with Crippen molar-refractivity contribution in [3.8, 4) is 5.75 Å². The van der Waals surface area contributed by atoms with Crippen LogP contribution in [0.1, 0.15) is 25.3 Å². The number of pyridine rings is 1. The Hall–Kier alpha value is -3.03. The lowest BCUT2D eigenvalue weighted by molar-refractivity contribution is 0.322. The molecule has 0 bridgehead atoms. The number of fused-ring (bicyclic) bond motifs is 2. The van der Waals surface area contributed by atoms with E-state index in [2.05, 4.69) is 41.1 Å². The van der Waals surface area contributed by atoms with E-state index in [1.165, 1.54) is 5.56 Å². The van der Waals surface area contributed by atoms with Crippen LogP contribution in [-0.4, -0.2) is 30.3 Å². The fourth-order valence-corrected chi connectivity index (χ4v) is 3.98. The van der Waals surface area contributed by atoms with Gasteiger partial charge in [0.1, 0.15) is 12.4 Å². The summed E-state index contributed by atoms with van der Waals surface area (Å²) in [5.41, 5.74) is 9.85. The van der Waals surface area contributed by atoms with E-state index in [0.717, 1.165) is 54.8 Å². The van der Waals surface area contributed by atoms with Crippen molar-refractivity contribution in [2.75, 3.05) is 30.7 Å². The van der Waals surface area contributed by atoms with Gasteiger partial charge in [0.2, 0.25) is 0 Å². The zero-order valence-electron chi connectivity index (χ0n) is 18.0. The van der Waals surface area contributed by atoms with Crippen molar-refractivity contribution in [3.63, 3.8) is 0 Å². The zero-order chi connectivity index (χ0) is 21.6. The molecule has 0 spiro atoms. The quantitative estimate of drug-likeness (QED) is 0.314. The normalized spacial score (nSPS) is 14.0. The molecule has 0 fully saturated rings. The molecule has 2 aromatic carbocycles. The molecule has 1 aromatic heterocycles. The highest BCUT2D eigenvalue weighted by molar-refractivity contribution is 5.90. The Morgan fingerprint density at radius 3 is 3.00 bits per heavy atom. The van der Waals surface area contributed by atoms with Crippen molar-refractivity contribution < 1.29 is 4.74 Å². The molecule has 3 aromatic rings. The fraction of sp³-hybridized carbons (Fsp3) is 0.375. The van der Waals surface area contributed by atoms with Gasteiger partial charge < -0.3 is 21.1 Å². The Balaban J connectivity index is 1.29. The van der Waals surface area contributed by atoms with E-state index in [1.807, 2.05) is 18.2 Å². The predicted octanol–water partition coefficient (Wildman–Crippen LogP) is 2.89. The van der Waals surface area contributed by atoms with Crippen LogP contribution in [-0.2, 0) is 13.2 Å². The molecule has 0 radical (unpaired) electrons. The van der Waals surface area contributed by atoms with Crippen LogP contribution in [0.5, 0.6) is 5.75 Å². The van der Waals surface area contributed by atoms with Crippen LogP contribution in [0.25, 0.3) is 10.9 Å². The third kappa shape index (κ3) is 5.00. The van der Waals surface area contributed by atoms with E-state index in [1.54, 1.807) is 16.7 Å². The van der Waals surface area contributed by atoms with Gasteiger partial charge in [0.15, 0.2) is 0 Å². The van der Waals surface area contributed by atoms with E-state index < -0.39 is 0 Å². The maximum Gasteiger partial charge on any atom is 0.252 e. The SMILES string of the molecule is CCC(CCNCn1c(=O)ccc2c(N)cccc21)NCc1ccc2c(c1)OCCN2. The molecule has 0 aliphatic carbocycles. The minimum atomic E-state index is -0.0279. The minimum absolute atomic E-state index is 0.0279. The summed E-state index contributed by atoms with van der Waals surface area (Å²) in [4.78, 5) is 12.3. The van der Waals surface area contributed by atoms with E-state index >= 15 is 0 Å². The second-order valence-corrected chi connectivity index (χ2v) is 7.92. The standard InChI is InChI=1S/C24H31N5O2/c1-2-18(28-15-17-6-8-21-23(14-17)31-13-12-27-21)10-11-26-16-29-22-5-3-4-20(25)19(22)7-9-24(29)30/h3-9,14,18,26-28H,2,10-13,15-16,25H2,1H3. The summed E-state index contributed by atoms with van der Waals surface area (Å²) < 4.78 is 7.47. The number of hydrogen-bond acceptors (Lipinski definition) is 6. The largest absolute Gasteiger partial charge is 0.490 e. The van der Waals surface area contributed by atoms with E-state index in [-0.39, 0.29) is 5.56 Å². The first-order valence-corrected chi connectivity index (χ1v) is 11.0. The van der Waals surface area contributed by atoms with Gasteiger partial charge in [-0.25, -0.2) is 0 Å². The Morgan fingerprint density at radius 2 is 2.13 bits per heavy atom. The molecule has 4 rings (SSSR count). The highest BCUT2D eigenvalue weighted by Crippen LogP contribution is 2.28. The predicted molar refractivity (Wildman–Crippen MR) is 127 cm³/mol. The highest BCUT2D eigenvalue weighted by atomic mass is 16.5. The molecule has 1 aliphatic rings. The second kappa shape index (κ2) is 9.85. The molecule has 31 heavy (non-hydrogen) atoms. The maximum atomic E-state index is 12.3. The molecule has 1 atom stereocenters. The highest BCUT2D eigenvalue weighted by Gasteiger charge is 2.11. The van der Waals surface area contributed by atoms with Gasteiger partial charge in [-0.05, 0) is 55.3 Å². The van der Waals surface area contributed by atoms with Crippen molar-refractivity contribution in [3.05, 3.63) is 64.4 Å². The van der Waals surface area contributed by atoms with Crippen molar-refractivity contribution in [2.24, 2.45) is 0 Å². The summed E-state index contributed by atoms with van der Waals surface area (Å²) in [6.45, 7) is 5.83. The molecule has 1 aliphatic heterocycles. The van der Waals surface area contributed by atoms with Gasteiger partial charge in [-0.15, -0.1) is 0 Å². The minimum Gasteiger partial charge on any atom is -0.490 e. The number of nitrogens with zero attached hydrogens (tertiary/aromatic N) is 1. The summed E-state index contributed by atoms with van der Waals surface area (Å²) in [6.07, 6.45) is 2.01. The van der Waals surface area contributed by atoms with Crippen molar-refractivity contribution in [1.29, 1.82) is 0 Å². The number of rotatable bonds is 9. The average Bonchev–Trinajstić information content (AvgIpc) is 2.79. The van der Waals surface area contributed by atoms with Crippen molar-refractivity contribution in [1.82, 2.24) is 15.2 Å². The smallest absolute Gasteiger partial charge is 0.252 e. The van der Waals surface area contributed by atoms with E-state index in [9.17, 15) is 4.79 Å². The summed E-state index contributed by atoms with van der Waals surface area (Å²) in [5, 5.41) is 11.3. The topological polar surface area (TPSA) is 93.3 Å². The molecule has 1 unspecified atom stereocenters. The zero-order valence-corrected chi connectivity index (χ0v) is 18.0. The molecule has 7 nitrogen and oxygen atoms in total. The molecule has 0 saturated carbocycles. The molecular weight excluding hydrogens is 390 g/mol. The maximum absolute atomic E-state index is 12.3. The van der Waals surface area contributed by atoms with Gasteiger partial charge in [0.25, 0.3) is 5.56 Å². The van der Waals surface area contributed by atoms with Gasteiger partial charge in [-0.1, -0.05) is 19.1 Å². The first kappa shape index (κ1) is 21.2. The summed E-state index contributed by atoms with van der Waals surface area (Å²) in [6, 6.07) is 15.8. The van der Waals surface area contributed by atoms with Crippen molar-refractivity contribution >= 4 is 22.3 Å². The first-order chi connectivity index (χ1) is 15.2. The van der Waals surface area contributed by atoms with Gasteiger partial charge in [0, 0.05) is 36.3 Å². The van der Waals surface area contributed by atoms with Gasteiger partial charge in [-0.3, -0.25) is 14.7 Å². The van der Waals surface area contributed by atoms with Gasteiger partial charge in [0.05, 0.1) is 17.9 Å². The second-order valence-electron chi connectivity index (χ2n) is 7.92. The van der Waals surface area contributed by atoms with E-state index in [0.29, 0.717) is 25.0 Å². The van der Waals surface area contributed by atoms with Gasteiger partial charge in [-0.2, -0.15) is 0 Å². The number of nitrogens with two attached hydrogens (primary N) is 1. The third-order valence-electron chi connectivity index (χ3n) is 5.81.